The van der Waals surface area contributed by atoms with Crippen LogP contribution in [0.1, 0.15) is 11.1 Å². The van der Waals surface area contributed by atoms with Crippen LogP contribution in [0.3, 0.4) is 0 Å². The van der Waals surface area contributed by atoms with Crippen LogP contribution < -0.4 is 14.2 Å². The number of alkyl halides is 5. The maximum absolute atomic E-state index is 13.5. The first-order valence-corrected chi connectivity index (χ1v) is 9.07. The summed E-state index contributed by atoms with van der Waals surface area (Å²) in [6.07, 6.45) is -3.80. The average molecular weight is 453 g/mol. The molecule has 168 valence electrons. The molecule has 1 heterocycles. The van der Waals surface area contributed by atoms with Crippen LogP contribution in [-0.2, 0) is 6.54 Å². The van der Waals surface area contributed by atoms with E-state index in [1.165, 1.54) is 13.2 Å². The van der Waals surface area contributed by atoms with Gasteiger partial charge in [-0.15, -0.1) is 0 Å². The van der Waals surface area contributed by atoms with Gasteiger partial charge in [0.05, 0.1) is 31.5 Å². The molecular formula is C21H16F5N3O3. The lowest BCUT2D eigenvalue weighted by atomic mass is 10.2. The summed E-state index contributed by atoms with van der Waals surface area (Å²) in [6.45, 7) is -3.54. The highest BCUT2D eigenvalue weighted by atomic mass is 19.4. The van der Waals surface area contributed by atoms with Crippen LogP contribution >= 0.6 is 0 Å². The van der Waals surface area contributed by atoms with Crippen LogP contribution in [0, 0.1) is 11.3 Å². The van der Waals surface area contributed by atoms with Crippen molar-refractivity contribution in [2.75, 3.05) is 13.7 Å². The van der Waals surface area contributed by atoms with Crippen molar-refractivity contribution in [1.29, 1.82) is 5.26 Å². The molecule has 3 rings (SSSR count). The van der Waals surface area contributed by atoms with Gasteiger partial charge >= 0.3 is 12.8 Å². The summed E-state index contributed by atoms with van der Waals surface area (Å²) < 4.78 is 80.2. The Morgan fingerprint density at radius 3 is 2.38 bits per heavy atom. The normalized spacial score (nSPS) is 13.9. The van der Waals surface area contributed by atoms with Gasteiger partial charge in [0, 0.05) is 12.6 Å². The molecule has 6 nitrogen and oxygen atoms in total. The van der Waals surface area contributed by atoms with Gasteiger partial charge in [-0.2, -0.15) is 27.2 Å². The minimum Gasteiger partial charge on any atom is -0.497 e. The van der Waals surface area contributed by atoms with Crippen LogP contribution in [0.25, 0.3) is 0 Å². The van der Waals surface area contributed by atoms with E-state index in [0.29, 0.717) is 11.3 Å². The summed E-state index contributed by atoms with van der Waals surface area (Å²) in [4.78, 5) is 4.47. The largest absolute Gasteiger partial charge is 0.497 e. The predicted molar refractivity (Wildman–Crippen MR) is 103 cm³/mol. The summed E-state index contributed by atoms with van der Waals surface area (Å²) in [7, 11) is 1.47. The first-order chi connectivity index (χ1) is 15.2. The molecule has 0 atom stereocenters. The van der Waals surface area contributed by atoms with Crippen molar-refractivity contribution in [2.45, 2.75) is 19.3 Å². The molecule has 0 radical (unpaired) electrons. The second kappa shape index (κ2) is 9.55. The van der Waals surface area contributed by atoms with E-state index >= 15 is 0 Å². The Morgan fingerprint density at radius 2 is 1.78 bits per heavy atom. The van der Waals surface area contributed by atoms with Gasteiger partial charge in [0.15, 0.2) is 0 Å². The van der Waals surface area contributed by atoms with Gasteiger partial charge in [-0.1, -0.05) is 12.1 Å². The zero-order valence-corrected chi connectivity index (χ0v) is 16.6. The molecule has 1 aliphatic rings. The smallest absolute Gasteiger partial charge is 0.449 e. The first-order valence-electron chi connectivity index (χ1n) is 9.07. The Kier molecular flexibility index (Phi) is 6.82. The van der Waals surface area contributed by atoms with Crippen molar-refractivity contribution in [3.63, 3.8) is 0 Å². The van der Waals surface area contributed by atoms with E-state index in [2.05, 4.69) is 9.73 Å². The molecule has 1 aliphatic heterocycles. The molecule has 32 heavy (non-hydrogen) atoms. The average Bonchev–Trinajstić information content (AvgIpc) is 2.73. The number of amidine groups is 1. The van der Waals surface area contributed by atoms with Crippen molar-refractivity contribution in [3.8, 4) is 23.3 Å². The van der Waals surface area contributed by atoms with E-state index in [4.69, 9.17) is 14.7 Å². The van der Waals surface area contributed by atoms with Crippen LogP contribution in [0.5, 0.6) is 17.2 Å². The standard InChI is InChI=1S/C21H16F5N3O3/c1-30-15-4-2-13(3-5-15)11-29-12-18(10-28-19(29)21(24,25)26)31-16-6-14(9-27)7-17(8-16)32-20(22)23/h2-8,10,20H,11-12H2,1H3. The third-order valence-electron chi connectivity index (χ3n) is 4.25. The Hall–Kier alpha value is -3.81. The van der Waals surface area contributed by atoms with Gasteiger partial charge in [0.1, 0.15) is 23.0 Å². The fourth-order valence-electron chi connectivity index (χ4n) is 2.93. The molecule has 0 unspecified atom stereocenters. The van der Waals surface area contributed by atoms with E-state index in [1.807, 2.05) is 0 Å². The maximum Gasteiger partial charge on any atom is 0.449 e. The Bertz CT molecular complexity index is 1060. The molecule has 0 aromatic heterocycles. The minimum atomic E-state index is -4.70. The number of rotatable bonds is 7. The van der Waals surface area contributed by atoms with E-state index in [0.717, 1.165) is 23.2 Å². The number of hydrogen-bond donors (Lipinski definition) is 0. The third-order valence-corrected chi connectivity index (χ3v) is 4.25. The molecule has 11 heteroatoms. The van der Waals surface area contributed by atoms with E-state index < -0.39 is 18.6 Å². The van der Waals surface area contributed by atoms with E-state index in [-0.39, 0.29) is 35.9 Å². The number of nitriles is 1. The molecule has 0 aliphatic carbocycles. The fraction of sp³-hybridized carbons (Fsp3) is 0.238. The van der Waals surface area contributed by atoms with Gasteiger partial charge in [-0.25, -0.2) is 4.99 Å². The van der Waals surface area contributed by atoms with Crippen molar-refractivity contribution in [3.05, 3.63) is 65.6 Å². The van der Waals surface area contributed by atoms with Crippen LogP contribution in [0.2, 0.25) is 0 Å². The summed E-state index contributed by atoms with van der Waals surface area (Å²) in [5.41, 5.74) is 0.548. The van der Waals surface area contributed by atoms with Crippen LogP contribution in [0.15, 0.2) is 59.4 Å². The third kappa shape index (κ3) is 5.87. The van der Waals surface area contributed by atoms with Crippen LogP contribution in [-0.4, -0.2) is 37.2 Å². The Morgan fingerprint density at radius 1 is 1.09 bits per heavy atom. The van der Waals surface area contributed by atoms with Crippen LogP contribution in [0.4, 0.5) is 22.0 Å². The maximum atomic E-state index is 13.5. The molecule has 0 spiro atoms. The summed E-state index contributed by atoms with van der Waals surface area (Å²) in [5.74, 6) is -0.904. The number of halogens is 5. The predicted octanol–water partition coefficient (Wildman–Crippen LogP) is 4.87. The molecule has 0 saturated carbocycles. The zero-order valence-electron chi connectivity index (χ0n) is 16.6. The molecule has 0 N–H and O–H groups in total. The fourth-order valence-corrected chi connectivity index (χ4v) is 2.93. The molecule has 0 bridgehead atoms. The lowest BCUT2D eigenvalue weighted by Gasteiger charge is -2.30. The van der Waals surface area contributed by atoms with Gasteiger partial charge in [-0.3, -0.25) is 0 Å². The summed E-state index contributed by atoms with van der Waals surface area (Å²) in [5, 5.41) is 9.07. The topological polar surface area (TPSA) is 67.1 Å². The second-order valence-corrected chi connectivity index (χ2v) is 6.54. The summed E-state index contributed by atoms with van der Waals surface area (Å²) >= 11 is 0. The number of benzene rings is 2. The lowest BCUT2D eigenvalue weighted by molar-refractivity contribution is -0.0695. The summed E-state index contributed by atoms with van der Waals surface area (Å²) in [6, 6.07) is 11.7. The molecular weight excluding hydrogens is 437 g/mol. The highest BCUT2D eigenvalue weighted by Crippen LogP contribution is 2.29. The highest BCUT2D eigenvalue weighted by molar-refractivity contribution is 5.89. The number of methoxy groups -OCH3 is 1. The molecule has 0 fully saturated rings. The molecule has 2 aromatic carbocycles. The number of hydrogen-bond acceptors (Lipinski definition) is 6. The molecule has 2 aromatic rings. The Labute approximate surface area is 179 Å². The van der Waals surface area contributed by atoms with Gasteiger partial charge in [-0.05, 0) is 29.8 Å². The number of ether oxygens (including phenoxy) is 3. The number of nitrogens with zero attached hydrogens (tertiary/aromatic N) is 3. The molecule has 0 amide bonds. The highest BCUT2D eigenvalue weighted by Gasteiger charge is 2.41. The first kappa shape index (κ1) is 22.9. The SMILES string of the molecule is COc1ccc(CN2CC(Oc3cc(C#N)cc(OC(F)F)c3)=CN=C2C(F)(F)F)cc1. The van der Waals surface area contributed by atoms with Crippen molar-refractivity contribution in [2.24, 2.45) is 4.99 Å². The molecule has 0 saturated heterocycles. The van der Waals surface area contributed by atoms with Gasteiger partial charge in [0.2, 0.25) is 5.84 Å². The van der Waals surface area contributed by atoms with E-state index in [1.54, 1.807) is 30.3 Å². The van der Waals surface area contributed by atoms with Crippen molar-refractivity contribution in [1.82, 2.24) is 4.90 Å². The number of aliphatic imine (C=N–C) groups is 1. The van der Waals surface area contributed by atoms with Crippen molar-refractivity contribution >= 4 is 5.84 Å². The van der Waals surface area contributed by atoms with E-state index in [9.17, 15) is 22.0 Å². The Balaban J connectivity index is 1.84. The zero-order chi connectivity index (χ0) is 23.3. The quantitative estimate of drug-likeness (QED) is 0.560. The van der Waals surface area contributed by atoms with Gasteiger partial charge in [0.25, 0.3) is 0 Å². The van der Waals surface area contributed by atoms with Gasteiger partial charge < -0.3 is 19.1 Å². The monoisotopic (exact) mass is 453 g/mol. The van der Waals surface area contributed by atoms with Crippen molar-refractivity contribution < 1.29 is 36.2 Å². The minimum absolute atomic E-state index is 0.0181. The lowest BCUT2D eigenvalue weighted by Crippen LogP contribution is -2.43. The second-order valence-electron chi connectivity index (χ2n) is 6.54.